The first kappa shape index (κ1) is 14.9. The monoisotopic (exact) mass is 276 g/mol. The molecule has 1 aliphatic rings. The zero-order valence-corrected chi connectivity index (χ0v) is 12.4. The van der Waals surface area contributed by atoms with Gasteiger partial charge in [0.1, 0.15) is 5.75 Å². The molecule has 1 heterocycles. The van der Waals surface area contributed by atoms with E-state index in [2.05, 4.69) is 5.32 Å². The Hall–Kier alpha value is -1.55. The highest BCUT2D eigenvalue weighted by Gasteiger charge is 2.21. The van der Waals surface area contributed by atoms with Gasteiger partial charge in [-0.3, -0.25) is 4.79 Å². The first-order chi connectivity index (χ1) is 9.72. The summed E-state index contributed by atoms with van der Waals surface area (Å²) in [6.07, 6.45) is 2.58. The Morgan fingerprint density at radius 2 is 1.95 bits per heavy atom. The zero-order chi connectivity index (χ0) is 14.4. The second kappa shape index (κ2) is 7.29. The second-order valence-electron chi connectivity index (χ2n) is 5.20. The molecule has 20 heavy (non-hydrogen) atoms. The molecule has 0 aliphatic carbocycles. The number of hydrogen-bond acceptors (Lipinski definition) is 3. The molecule has 4 heteroatoms. The Kier molecular flexibility index (Phi) is 5.41. The fourth-order valence-electron chi connectivity index (χ4n) is 2.57. The predicted molar refractivity (Wildman–Crippen MR) is 80.0 cm³/mol. The van der Waals surface area contributed by atoms with Gasteiger partial charge in [-0.15, -0.1) is 0 Å². The average Bonchev–Trinajstić information content (AvgIpc) is 2.49. The van der Waals surface area contributed by atoms with Crippen LogP contribution < -0.4 is 10.1 Å². The second-order valence-corrected chi connectivity index (χ2v) is 5.20. The lowest BCUT2D eigenvalue weighted by atomic mass is 10.0. The van der Waals surface area contributed by atoms with Gasteiger partial charge in [0.15, 0.2) is 0 Å². The maximum Gasteiger partial charge on any atom is 0.226 e. The molecule has 0 spiro atoms. The van der Waals surface area contributed by atoms with E-state index >= 15 is 0 Å². The minimum atomic E-state index is 0.226. The summed E-state index contributed by atoms with van der Waals surface area (Å²) >= 11 is 0. The molecule has 0 aromatic heterocycles. The lowest BCUT2D eigenvalue weighted by molar-refractivity contribution is -0.131. The minimum absolute atomic E-state index is 0.226. The summed E-state index contributed by atoms with van der Waals surface area (Å²) in [5.74, 6) is 1.09. The van der Waals surface area contributed by atoms with Crippen molar-refractivity contribution in [3.8, 4) is 5.75 Å². The van der Waals surface area contributed by atoms with Crippen LogP contribution in [-0.4, -0.2) is 43.6 Å². The van der Waals surface area contributed by atoms with E-state index in [4.69, 9.17) is 4.74 Å². The maximum absolute atomic E-state index is 12.2. The van der Waals surface area contributed by atoms with E-state index in [9.17, 15) is 4.79 Å². The van der Waals surface area contributed by atoms with Crippen LogP contribution >= 0.6 is 0 Å². The zero-order valence-electron chi connectivity index (χ0n) is 12.4. The van der Waals surface area contributed by atoms with Crippen LogP contribution in [0.2, 0.25) is 0 Å². The van der Waals surface area contributed by atoms with Gasteiger partial charge in [-0.1, -0.05) is 12.1 Å². The lowest BCUT2D eigenvalue weighted by Crippen LogP contribution is -2.44. The molecule has 1 aliphatic heterocycles. The molecule has 1 saturated heterocycles. The molecule has 0 atom stereocenters. The standard InChI is InChI=1S/C16H24N2O2/c1-3-20-15-6-4-13(5-7-15)12-16(19)18-10-8-14(17-2)9-11-18/h4-7,14,17H,3,8-12H2,1-2H3. The molecule has 110 valence electrons. The first-order valence-corrected chi connectivity index (χ1v) is 7.39. The minimum Gasteiger partial charge on any atom is -0.494 e. The molecule has 1 amide bonds. The van der Waals surface area contributed by atoms with Crippen molar-refractivity contribution in [3.05, 3.63) is 29.8 Å². The number of nitrogens with zero attached hydrogens (tertiary/aromatic N) is 1. The van der Waals surface area contributed by atoms with Gasteiger partial charge in [0.25, 0.3) is 0 Å². The molecule has 1 fully saturated rings. The first-order valence-electron chi connectivity index (χ1n) is 7.39. The van der Waals surface area contributed by atoms with Crippen LogP contribution in [0.1, 0.15) is 25.3 Å². The normalized spacial score (nSPS) is 16.2. The van der Waals surface area contributed by atoms with Crippen molar-refractivity contribution in [2.75, 3.05) is 26.7 Å². The van der Waals surface area contributed by atoms with E-state index in [0.717, 1.165) is 37.2 Å². The molecule has 0 bridgehead atoms. The van der Waals surface area contributed by atoms with Crippen LogP contribution in [0.3, 0.4) is 0 Å². The third kappa shape index (κ3) is 3.97. The lowest BCUT2D eigenvalue weighted by Gasteiger charge is -2.31. The predicted octanol–water partition coefficient (Wildman–Crippen LogP) is 1.84. The van der Waals surface area contributed by atoms with E-state index < -0.39 is 0 Å². The molecule has 4 nitrogen and oxygen atoms in total. The summed E-state index contributed by atoms with van der Waals surface area (Å²) < 4.78 is 5.40. The van der Waals surface area contributed by atoms with E-state index in [0.29, 0.717) is 19.1 Å². The summed E-state index contributed by atoms with van der Waals surface area (Å²) in [5.41, 5.74) is 1.05. The van der Waals surface area contributed by atoms with Crippen LogP contribution in [0.4, 0.5) is 0 Å². The van der Waals surface area contributed by atoms with E-state index in [1.54, 1.807) is 0 Å². The molecule has 0 unspecified atom stereocenters. The average molecular weight is 276 g/mol. The highest BCUT2D eigenvalue weighted by atomic mass is 16.5. The molecular weight excluding hydrogens is 252 g/mol. The van der Waals surface area contributed by atoms with Gasteiger partial charge in [0.2, 0.25) is 5.91 Å². The van der Waals surface area contributed by atoms with E-state index in [1.807, 2.05) is 43.1 Å². The van der Waals surface area contributed by atoms with Crippen molar-refractivity contribution in [3.63, 3.8) is 0 Å². The van der Waals surface area contributed by atoms with Crippen molar-refractivity contribution in [2.45, 2.75) is 32.2 Å². The molecule has 1 aromatic rings. The smallest absolute Gasteiger partial charge is 0.226 e. The number of piperidine rings is 1. The van der Waals surface area contributed by atoms with Crippen molar-refractivity contribution in [1.82, 2.24) is 10.2 Å². The number of benzene rings is 1. The van der Waals surface area contributed by atoms with Crippen LogP contribution in [0.25, 0.3) is 0 Å². The van der Waals surface area contributed by atoms with Gasteiger partial charge >= 0.3 is 0 Å². The van der Waals surface area contributed by atoms with Gasteiger partial charge in [-0.25, -0.2) is 0 Å². The van der Waals surface area contributed by atoms with Crippen molar-refractivity contribution >= 4 is 5.91 Å². The summed E-state index contributed by atoms with van der Waals surface area (Å²) in [6.45, 7) is 4.35. The van der Waals surface area contributed by atoms with Crippen LogP contribution in [-0.2, 0) is 11.2 Å². The highest BCUT2D eigenvalue weighted by Crippen LogP contribution is 2.15. The number of amides is 1. The third-order valence-corrected chi connectivity index (χ3v) is 3.85. The Bertz CT molecular complexity index is 423. The number of rotatable bonds is 5. The van der Waals surface area contributed by atoms with Crippen LogP contribution in [0, 0.1) is 0 Å². The number of nitrogens with one attached hydrogen (secondary N) is 1. The number of hydrogen-bond donors (Lipinski definition) is 1. The van der Waals surface area contributed by atoms with Gasteiger partial charge in [0, 0.05) is 19.1 Å². The molecule has 0 radical (unpaired) electrons. The molecule has 0 saturated carbocycles. The molecular formula is C16H24N2O2. The van der Waals surface area contributed by atoms with E-state index in [1.165, 1.54) is 0 Å². The third-order valence-electron chi connectivity index (χ3n) is 3.85. The molecule has 2 rings (SSSR count). The van der Waals surface area contributed by atoms with Gasteiger partial charge < -0.3 is 15.0 Å². The fourth-order valence-corrected chi connectivity index (χ4v) is 2.57. The summed E-state index contributed by atoms with van der Waals surface area (Å²) in [6, 6.07) is 8.37. The molecule has 1 aromatic carbocycles. The SMILES string of the molecule is CCOc1ccc(CC(=O)N2CCC(NC)CC2)cc1. The number of carbonyl (C=O) groups excluding carboxylic acids is 1. The summed E-state index contributed by atoms with van der Waals surface area (Å²) in [7, 11) is 1.99. The topological polar surface area (TPSA) is 41.6 Å². The van der Waals surface area contributed by atoms with Crippen molar-refractivity contribution < 1.29 is 9.53 Å². The maximum atomic E-state index is 12.2. The Morgan fingerprint density at radius 1 is 1.30 bits per heavy atom. The van der Waals surface area contributed by atoms with Crippen molar-refractivity contribution in [1.29, 1.82) is 0 Å². The number of carbonyl (C=O) groups is 1. The van der Waals surface area contributed by atoms with E-state index in [-0.39, 0.29) is 5.91 Å². The molecule has 1 N–H and O–H groups in total. The quantitative estimate of drug-likeness (QED) is 0.892. The number of likely N-dealkylation sites (tertiary alicyclic amines) is 1. The van der Waals surface area contributed by atoms with Crippen LogP contribution in [0.5, 0.6) is 5.75 Å². The van der Waals surface area contributed by atoms with Gasteiger partial charge in [0.05, 0.1) is 13.0 Å². The number of ether oxygens (including phenoxy) is 1. The van der Waals surface area contributed by atoms with Gasteiger partial charge in [-0.05, 0) is 44.5 Å². The van der Waals surface area contributed by atoms with Crippen molar-refractivity contribution in [2.24, 2.45) is 0 Å². The fraction of sp³-hybridized carbons (Fsp3) is 0.562. The Morgan fingerprint density at radius 3 is 2.50 bits per heavy atom. The largest absolute Gasteiger partial charge is 0.494 e. The van der Waals surface area contributed by atoms with Crippen LogP contribution in [0.15, 0.2) is 24.3 Å². The Balaban J connectivity index is 1.85. The van der Waals surface area contributed by atoms with Gasteiger partial charge in [-0.2, -0.15) is 0 Å². The summed E-state index contributed by atoms with van der Waals surface area (Å²) in [5, 5.41) is 3.28. The Labute approximate surface area is 121 Å². The highest BCUT2D eigenvalue weighted by molar-refractivity contribution is 5.78. The summed E-state index contributed by atoms with van der Waals surface area (Å²) in [4.78, 5) is 14.2.